The van der Waals surface area contributed by atoms with E-state index in [9.17, 15) is 9.59 Å². The van der Waals surface area contributed by atoms with E-state index in [-0.39, 0.29) is 6.61 Å². The molecule has 0 bridgehead atoms. The van der Waals surface area contributed by atoms with Crippen LogP contribution in [0, 0.1) is 13.8 Å². The van der Waals surface area contributed by atoms with E-state index in [0.717, 1.165) is 21.3 Å². The zero-order valence-corrected chi connectivity index (χ0v) is 14.1. The average molecular weight is 330 g/mol. The zero-order chi connectivity index (χ0) is 16.8. The Bertz CT molecular complexity index is 790. The Balaban J connectivity index is 1.95. The van der Waals surface area contributed by atoms with Crippen molar-refractivity contribution in [3.05, 3.63) is 47.6 Å². The number of esters is 1. The zero-order valence-electron chi connectivity index (χ0n) is 13.3. The lowest BCUT2D eigenvalue weighted by Gasteiger charge is -2.01. The van der Waals surface area contributed by atoms with Crippen molar-refractivity contribution in [1.29, 1.82) is 0 Å². The Morgan fingerprint density at radius 1 is 1.30 bits per heavy atom. The van der Waals surface area contributed by atoms with Gasteiger partial charge in [0.1, 0.15) is 0 Å². The van der Waals surface area contributed by atoms with Gasteiger partial charge in [0.25, 0.3) is 5.91 Å². The minimum atomic E-state index is -0.561. The molecule has 1 heterocycles. The van der Waals surface area contributed by atoms with Gasteiger partial charge in [-0.25, -0.2) is 9.78 Å². The predicted molar refractivity (Wildman–Crippen MR) is 92.6 cm³/mol. The lowest BCUT2D eigenvalue weighted by molar-refractivity contribution is -0.142. The number of aryl methyl sites for hydroxylation is 2. The van der Waals surface area contributed by atoms with Gasteiger partial charge < -0.3 is 4.74 Å². The van der Waals surface area contributed by atoms with E-state index in [4.69, 9.17) is 4.74 Å². The van der Waals surface area contributed by atoms with Crippen molar-refractivity contribution in [2.24, 2.45) is 0 Å². The lowest BCUT2D eigenvalue weighted by Crippen LogP contribution is -2.19. The molecule has 1 N–H and O–H groups in total. The summed E-state index contributed by atoms with van der Waals surface area (Å²) in [5.41, 5.74) is 3.10. The number of ether oxygens (including phenoxy) is 1. The van der Waals surface area contributed by atoms with E-state index in [1.165, 1.54) is 17.4 Å². The predicted octanol–water partition coefficient (Wildman–Crippen LogP) is 3.53. The molecule has 2 rings (SSSR count). The van der Waals surface area contributed by atoms with Crippen molar-refractivity contribution in [2.45, 2.75) is 20.8 Å². The second kappa shape index (κ2) is 7.69. The van der Waals surface area contributed by atoms with Crippen LogP contribution in [0.2, 0.25) is 0 Å². The summed E-state index contributed by atoms with van der Waals surface area (Å²) in [4.78, 5) is 27.6. The number of benzene rings is 1. The molecule has 0 radical (unpaired) electrons. The fraction of sp³-hybridized carbons (Fsp3) is 0.235. The summed E-state index contributed by atoms with van der Waals surface area (Å²) in [6.45, 7) is 5.50. The molecule has 1 aromatic carbocycles. The van der Waals surface area contributed by atoms with E-state index in [1.807, 2.05) is 32.9 Å². The summed E-state index contributed by atoms with van der Waals surface area (Å²) in [7, 11) is 0. The molecular formula is C17H18N2O3S. The largest absolute Gasteiger partial charge is 0.452 e. The van der Waals surface area contributed by atoms with Crippen LogP contribution in [-0.2, 0) is 14.3 Å². The van der Waals surface area contributed by atoms with Crippen LogP contribution < -0.4 is 5.32 Å². The monoisotopic (exact) mass is 330 g/mol. The van der Waals surface area contributed by atoms with E-state index in [0.29, 0.717) is 5.13 Å². The van der Waals surface area contributed by atoms with Crippen molar-refractivity contribution in [1.82, 2.24) is 4.98 Å². The smallest absolute Gasteiger partial charge is 0.331 e. The number of hydrogen-bond donors (Lipinski definition) is 1. The third kappa shape index (κ3) is 4.75. The molecular weight excluding hydrogens is 312 g/mol. The maximum atomic E-state index is 11.8. The van der Waals surface area contributed by atoms with Crippen molar-refractivity contribution in [3.8, 4) is 0 Å². The lowest BCUT2D eigenvalue weighted by atomic mass is 10.1. The molecule has 120 valence electrons. The van der Waals surface area contributed by atoms with Gasteiger partial charge in [0.2, 0.25) is 0 Å². The SMILES string of the molecule is C/C=C/C=C/C(=O)OCC(=O)Nc1nc2c(C)cc(C)cc2s1. The number of thiazole rings is 1. The van der Waals surface area contributed by atoms with Crippen LogP contribution in [-0.4, -0.2) is 23.5 Å². The van der Waals surface area contributed by atoms with E-state index in [2.05, 4.69) is 10.3 Å². The summed E-state index contributed by atoms with van der Waals surface area (Å²) in [5, 5.41) is 3.15. The van der Waals surface area contributed by atoms with Crippen LogP contribution in [0.25, 0.3) is 10.2 Å². The number of aromatic nitrogens is 1. The second-order valence-corrected chi connectivity index (χ2v) is 6.02. The minimum Gasteiger partial charge on any atom is -0.452 e. The highest BCUT2D eigenvalue weighted by atomic mass is 32.1. The molecule has 5 nitrogen and oxygen atoms in total. The van der Waals surface area contributed by atoms with Crippen molar-refractivity contribution in [2.75, 3.05) is 11.9 Å². The van der Waals surface area contributed by atoms with Crippen LogP contribution in [0.1, 0.15) is 18.1 Å². The van der Waals surface area contributed by atoms with Crippen LogP contribution in [0.3, 0.4) is 0 Å². The van der Waals surface area contributed by atoms with Crippen LogP contribution in [0.4, 0.5) is 5.13 Å². The molecule has 0 atom stereocenters. The number of fused-ring (bicyclic) bond motifs is 1. The highest BCUT2D eigenvalue weighted by Gasteiger charge is 2.11. The van der Waals surface area contributed by atoms with Gasteiger partial charge in [-0.05, 0) is 38.0 Å². The van der Waals surface area contributed by atoms with Gasteiger partial charge in [-0.3, -0.25) is 10.1 Å². The Kier molecular flexibility index (Phi) is 5.65. The fourth-order valence-electron chi connectivity index (χ4n) is 2.01. The Labute approximate surface area is 138 Å². The molecule has 23 heavy (non-hydrogen) atoms. The molecule has 0 spiro atoms. The summed E-state index contributed by atoms with van der Waals surface area (Å²) < 4.78 is 5.86. The van der Waals surface area contributed by atoms with Crippen LogP contribution in [0.15, 0.2) is 36.4 Å². The summed E-state index contributed by atoms with van der Waals surface area (Å²) in [5.74, 6) is -0.972. The van der Waals surface area contributed by atoms with Crippen molar-refractivity contribution < 1.29 is 14.3 Å². The number of nitrogens with one attached hydrogen (secondary N) is 1. The molecule has 0 fully saturated rings. The van der Waals surface area contributed by atoms with Gasteiger partial charge in [0.15, 0.2) is 11.7 Å². The number of nitrogens with zero attached hydrogens (tertiary/aromatic N) is 1. The first kappa shape index (κ1) is 16.9. The second-order valence-electron chi connectivity index (χ2n) is 4.99. The maximum absolute atomic E-state index is 11.8. The van der Waals surface area contributed by atoms with E-state index in [1.54, 1.807) is 18.2 Å². The number of carbonyl (C=O) groups excluding carboxylic acids is 2. The molecule has 0 unspecified atom stereocenters. The topological polar surface area (TPSA) is 68.3 Å². The maximum Gasteiger partial charge on any atom is 0.331 e. The Morgan fingerprint density at radius 2 is 2.09 bits per heavy atom. The van der Waals surface area contributed by atoms with Crippen molar-refractivity contribution in [3.63, 3.8) is 0 Å². The molecule has 1 aromatic heterocycles. The van der Waals surface area contributed by atoms with Gasteiger partial charge >= 0.3 is 5.97 Å². The third-order valence-electron chi connectivity index (χ3n) is 2.96. The van der Waals surface area contributed by atoms with Crippen LogP contribution in [0.5, 0.6) is 0 Å². The number of hydrogen-bond acceptors (Lipinski definition) is 5. The van der Waals surface area contributed by atoms with Gasteiger partial charge in [0, 0.05) is 6.08 Å². The number of rotatable bonds is 5. The molecule has 1 amide bonds. The van der Waals surface area contributed by atoms with E-state index >= 15 is 0 Å². The molecule has 0 aliphatic carbocycles. The molecule has 0 aliphatic rings. The first-order valence-corrected chi connectivity index (χ1v) is 7.95. The van der Waals surface area contributed by atoms with Gasteiger partial charge in [-0.1, -0.05) is 35.6 Å². The van der Waals surface area contributed by atoms with Crippen molar-refractivity contribution >= 4 is 38.6 Å². The molecule has 0 saturated heterocycles. The average Bonchev–Trinajstić information content (AvgIpc) is 2.88. The first-order valence-electron chi connectivity index (χ1n) is 7.13. The number of carbonyl (C=O) groups is 2. The van der Waals surface area contributed by atoms with Crippen LogP contribution >= 0.6 is 11.3 Å². The number of anilines is 1. The summed E-state index contributed by atoms with van der Waals surface area (Å²) >= 11 is 1.40. The normalized spacial score (nSPS) is 11.4. The molecule has 2 aromatic rings. The van der Waals surface area contributed by atoms with Gasteiger partial charge in [-0.2, -0.15) is 0 Å². The fourth-order valence-corrected chi connectivity index (χ4v) is 3.07. The standard InChI is InChI=1S/C17H18N2O3S/c1-4-5-6-7-15(21)22-10-14(20)18-17-19-16-12(3)8-11(2)9-13(16)23-17/h4-9H,10H2,1-3H3,(H,18,19,20)/b5-4+,7-6+. The highest BCUT2D eigenvalue weighted by Crippen LogP contribution is 2.29. The first-order chi connectivity index (χ1) is 11.0. The molecule has 6 heteroatoms. The summed E-state index contributed by atoms with van der Waals surface area (Å²) in [6.07, 6.45) is 6.30. The molecule has 0 saturated carbocycles. The highest BCUT2D eigenvalue weighted by molar-refractivity contribution is 7.22. The third-order valence-corrected chi connectivity index (χ3v) is 3.88. The van der Waals surface area contributed by atoms with E-state index < -0.39 is 11.9 Å². The quantitative estimate of drug-likeness (QED) is 0.517. The molecule has 0 aliphatic heterocycles. The Hall–Kier alpha value is -2.47. The number of amides is 1. The number of allylic oxidation sites excluding steroid dienone is 3. The van der Waals surface area contributed by atoms with Gasteiger partial charge in [0.05, 0.1) is 10.2 Å². The Morgan fingerprint density at radius 3 is 2.83 bits per heavy atom. The minimum absolute atomic E-state index is 0.340. The van der Waals surface area contributed by atoms with Gasteiger partial charge in [-0.15, -0.1) is 0 Å². The summed E-state index contributed by atoms with van der Waals surface area (Å²) in [6, 6.07) is 4.08.